The minimum absolute atomic E-state index is 0.561. The zero-order chi connectivity index (χ0) is 13.9. The van der Waals surface area contributed by atoms with Crippen molar-refractivity contribution in [2.24, 2.45) is 5.41 Å². The van der Waals surface area contributed by atoms with Gasteiger partial charge in [0.2, 0.25) is 0 Å². The van der Waals surface area contributed by atoms with E-state index >= 15 is 0 Å². The van der Waals surface area contributed by atoms with Crippen molar-refractivity contribution in [3.8, 4) is 0 Å². The van der Waals surface area contributed by atoms with Crippen molar-refractivity contribution in [2.75, 3.05) is 19.3 Å². The predicted molar refractivity (Wildman–Crippen MR) is 83.2 cm³/mol. The third kappa shape index (κ3) is 4.24. The number of hydrogen-bond acceptors (Lipinski definition) is 2. The highest BCUT2D eigenvalue weighted by Crippen LogP contribution is 2.36. The molecule has 1 aliphatic carbocycles. The number of nitrogens with two attached hydrogens (primary N) is 1. The van der Waals surface area contributed by atoms with Crippen molar-refractivity contribution >= 4 is 5.69 Å². The second kappa shape index (κ2) is 5.96. The molecule has 0 radical (unpaired) electrons. The topological polar surface area (TPSA) is 29.3 Å². The molecule has 0 saturated heterocycles. The number of likely N-dealkylation sites (N-methyl/N-ethyl adjacent to an activating group) is 1. The van der Waals surface area contributed by atoms with Gasteiger partial charge in [-0.3, -0.25) is 0 Å². The van der Waals surface area contributed by atoms with Crippen molar-refractivity contribution in [1.82, 2.24) is 4.90 Å². The Labute approximate surface area is 118 Å². The van der Waals surface area contributed by atoms with Gasteiger partial charge in [-0.25, -0.2) is 0 Å². The van der Waals surface area contributed by atoms with Crippen LogP contribution in [0.5, 0.6) is 0 Å². The van der Waals surface area contributed by atoms with Crippen LogP contribution in [0.3, 0.4) is 0 Å². The van der Waals surface area contributed by atoms with Crippen molar-refractivity contribution in [2.45, 2.75) is 52.0 Å². The van der Waals surface area contributed by atoms with E-state index in [2.05, 4.69) is 37.9 Å². The minimum Gasteiger partial charge on any atom is -0.399 e. The summed E-state index contributed by atoms with van der Waals surface area (Å²) in [5.74, 6) is 0. The number of rotatable bonds is 4. The number of benzene rings is 1. The fourth-order valence-electron chi connectivity index (χ4n) is 3.06. The first-order valence-corrected chi connectivity index (χ1v) is 7.51. The molecule has 1 fully saturated rings. The van der Waals surface area contributed by atoms with Crippen molar-refractivity contribution in [1.29, 1.82) is 0 Å². The Balaban J connectivity index is 1.80. The first-order valence-electron chi connectivity index (χ1n) is 7.51. The largest absolute Gasteiger partial charge is 0.399 e. The number of anilines is 1. The molecule has 1 aromatic carbocycles. The normalized spacial score (nSPS) is 19.8. The molecule has 1 aromatic rings. The molecule has 0 unspecified atom stereocenters. The molecule has 2 rings (SSSR count). The third-order valence-corrected chi connectivity index (χ3v) is 4.64. The van der Waals surface area contributed by atoms with Crippen LogP contribution < -0.4 is 5.73 Å². The maximum atomic E-state index is 5.82. The summed E-state index contributed by atoms with van der Waals surface area (Å²) in [6.07, 6.45) is 6.52. The second-order valence-electron chi connectivity index (χ2n) is 6.87. The molecule has 0 amide bonds. The molecule has 0 heterocycles. The first kappa shape index (κ1) is 14.4. The van der Waals surface area contributed by atoms with Crippen LogP contribution in [0.15, 0.2) is 24.3 Å². The Hall–Kier alpha value is -1.02. The lowest BCUT2D eigenvalue weighted by atomic mass is 9.75. The molecule has 106 valence electrons. The Kier molecular flexibility index (Phi) is 4.51. The summed E-state index contributed by atoms with van der Waals surface area (Å²) in [5.41, 5.74) is 8.61. The van der Waals surface area contributed by atoms with Crippen LogP contribution in [-0.2, 0) is 6.42 Å². The fraction of sp³-hybridized carbons (Fsp3) is 0.647. The van der Waals surface area contributed by atoms with E-state index in [-0.39, 0.29) is 0 Å². The summed E-state index contributed by atoms with van der Waals surface area (Å²) >= 11 is 0. The minimum atomic E-state index is 0.561. The van der Waals surface area contributed by atoms with Crippen LogP contribution in [0.2, 0.25) is 0 Å². The average Bonchev–Trinajstić information content (AvgIpc) is 2.36. The van der Waals surface area contributed by atoms with Crippen LogP contribution in [0.1, 0.15) is 45.1 Å². The molecule has 2 N–H and O–H groups in total. The van der Waals surface area contributed by atoms with Crippen LogP contribution in [0.25, 0.3) is 0 Å². The fourth-order valence-corrected chi connectivity index (χ4v) is 3.06. The van der Waals surface area contributed by atoms with E-state index in [0.717, 1.165) is 24.7 Å². The maximum absolute atomic E-state index is 5.82. The number of nitrogens with zero attached hydrogens (tertiary/aromatic N) is 1. The van der Waals surface area contributed by atoms with Gasteiger partial charge in [0.15, 0.2) is 0 Å². The smallest absolute Gasteiger partial charge is 0.0316 e. The van der Waals surface area contributed by atoms with Crippen molar-refractivity contribution < 1.29 is 0 Å². The Bertz CT molecular complexity index is 401. The number of hydrogen-bond donors (Lipinski definition) is 1. The molecular formula is C17H28N2. The molecule has 0 aliphatic heterocycles. The van der Waals surface area contributed by atoms with Crippen molar-refractivity contribution in [3.05, 3.63) is 29.8 Å². The van der Waals surface area contributed by atoms with Crippen LogP contribution in [0, 0.1) is 5.41 Å². The molecule has 1 saturated carbocycles. The summed E-state index contributed by atoms with van der Waals surface area (Å²) < 4.78 is 0. The molecule has 1 aliphatic rings. The summed E-state index contributed by atoms with van der Waals surface area (Å²) in [7, 11) is 2.27. The van der Waals surface area contributed by atoms with Gasteiger partial charge in [-0.2, -0.15) is 0 Å². The van der Waals surface area contributed by atoms with E-state index < -0.39 is 0 Å². The van der Waals surface area contributed by atoms with Gasteiger partial charge in [-0.15, -0.1) is 0 Å². The highest BCUT2D eigenvalue weighted by atomic mass is 15.1. The van der Waals surface area contributed by atoms with E-state index in [0.29, 0.717) is 5.41 Å². The standard InChI is InChI=1S/C17H28N2/c1-17(2)10-7-16(8-11-17)19(3)12-9-14-5-4-6-15(18)13-14/h4-6,13,16H,7-12,18H2,1-3H3. The third-order valence-electron chi connectivity index (χ3n) is 4.64. The molecule has 0 bridgehead atoms. The van der Waals surface area contributed by atoms with Gasteiger partial charge in [0.05, 0.1) is 0 Å². The van der Waals surface area contributed by atoms with Crippen LogP contribution in [0.4, 0.5) is 5.69 Å². The lowest BCUT2D eigenvalue weighted by Crippen LogP contribution is -2.38. The molecule has 0 atom stereocenters. The monoisotopic (exact) mass is 260 g/mol. The first-order chi connectivity index (χ1) is 8.96. The molecule has 0 aromatic heterocycles. The molecule has 2 heteroatoms. The lowest BCUT2D eigenvalue weighted by molar-refractivity contribution is 0.128. The van der Waals surface area contributed by atoms with E-state index in [4.69, 9.17) is 5.73 Å². The Morgan fingerprint density at radius 1 is 1.26 bits per heavy atom. The van der Waals surface area contributed by atoms with Gasteiger partial charge in [0, 0.05) is 18.3 Å². The van der Waals surface area contributed by atoms with E-state index in [1.54, 1.807) is 0 Å². The van der Waals surface area contributed by atoms with Gasteiger partial charge in [-0.05, 0) is 62.3 Å². The van der Waals surface area contributed by atoms with Gasteiger partial charge >= 0.3 is 0 Å². The SMILES string of the molecule is CN(CCc1cccc(N)c1)C1CCC(C)(C)CC1. The van der Waals surface area contributed by atoms with Gasteiger partial charge in [-0.1, -0.05) is 26.0 Å². The summed E-state index contributed by atoms with van der Waals surface area (Å²) in [6, 6.07) is 9.05. The highest BCUT2D eigenvalue weighted by Gasteiger charge is 2.28. The van der Waals surface area contributed by atoms with Gasteiger partial charge in [0.1, 0.15) is 0 Å². The molecule has 19 heavy (non-hydrogen) atoms. The average molecular weight is 260 g/mol. The van der Waals surface area contributed by atoms with E-state index in [9.17, 15) is 0 Å². The molecule has 2 nitrogen and oxygen atoms in total. The quantitative estimate of drug-likeness (QED) is 0.836. The van der Waals surface area contributed by atoms with Crippen molar-refractivity contribution in [3.63, 3.8) is 0 Å². The number of nitrogen functional groups attached to an aromatic ring is 1. The maximum Gasteiger partial charge on any atom is 0.0316 e. The zero-order valence-corrected chi connectivity index (χ0v) is 12.7. The lowest BCUT2D eigenvalue weighted by Gasteiger charge is -2.38. The predicted octanol–water partition coefficient (Wildman–Crippen LogP) is 3.71. The van der Waals surface area contributed by atoms with Crippen LogP contribution in [-0.4, -0.2) is 24.5 Å². The molecular weight excluding hydrogens is 232 g/mol. The highest BCUT2D eigenvalue weighted by molar-refractivity contribution is 5.40. The van der Waals surface area contributed by atoms with Crippen LogP contribution >= 0.6 is 0 Å². The van der Waals surface area contributed by atoms with E-state index in [1.807, 2.05) is 12.1 Å². The Morgan fingerprint density at radius 2 is 1.95 bits per heavy atom. The Morgan fingerprint density at radius 3 is 2.58 bits per heavy atom. The summed E-state index contributed by atoms with van der Waals surface area (Å²) in [5, 5.41) is 0. The van der Waals surface area contributed by atoms with E-state index in [1.165, 1.54) is 31.2 Å². The van der Waals surface area contributed by atoms with Gasteiger partial charge < -0.3 is 10.6 Å². The molecule has 0 spiro atoms. The van der Waals surface area contributed by atoms with Gasteiger partial charge in [0.25, 0.3) is 0 Å². The second-order valence-corrected chi connectivity index (χ2v) is 6.87. The summed E-state index contributed by atoms with van der Waals surface area (Å²) in [4.78, 5) is 2.54. The zero-order valence-electron chi connectivity index (χ0n) is 12.7. The summed E-state index contributed by atoms with van der Waals surface area (Å²) in [6.45, 7) is 5.93.